The van der Waals surface area contributed by atoms with E-state index in [2.05, 4.69) is 20.8 Å². The normalized spacial score (nSPS) is 10.8. The first-order valence-corrected chi connectivity index (χ1v) is 6.52. The molecule has 100 valence electrons. The second-order valence-electron chi connectivity index (χ2n) is 5.26. The summed E-state index contributed by atoms with van der Waals surface area (Å²) in [4.78, 5) is 12.7. The molecule has 0 fully saturated rings. The van der Waals surface area contributed by atoms with Crippen LogP contribution in [0.5, 0.6) is 0 Å². The number of aryl methyl sites for hydroxylation is 1. The van der Waals surface area contributed by atoms with E-state index in [1.54, 1.807) is 6.26 Å². The summed E-state index contributed by atoms with van der Waals surface area (Å²) in [5, 5.41) is 0. The molecule has 1 heterocycles. The zero-order chi connectivity index (χ0) is 14.3. The van der Waals surface area contributed by atoms with Gasteiger partial charge in [-0.05, 0) is 81.0 Å². The largest absolute Gasteiger partial charge is 0.461 e. The lowest BCUT2D eigenvalue weighted by molar-refractivity contribution is 0.101. The summed E-state index contributed by atoms with van der Waals surface area (Å²) < 4.78 is 5.35. The van der Waals surface area contributed by atoms with E-state index < -0.39 is 0 Å². The fourth-order valence-corrected chi connectivity index (χ4v) is 2.56. The van der Waals surface area contributed by atoms with E-state index >= 15 is 0 Å². The molecule has 0 unspecified atom stereocenters. The van der Waals surface area contributed by atoms with Crippen LogP contribution in [0.15, 0.2) is 16.7 Å². The highest BCUT2D eigenvalue weighted by molar-refractivity contribution is 6.10. The van der Waals surface area contributed by atoms with Crippen molar-refractivity contribution in [2.45, 2.75) is 41.5 Å². The molecule has 1 aromatic heterocycles. The van der Waals surface area contributed by atoms with E-state index in [9.17, 15) is 4.79 Å². The van der Waals surface area contributed by atoms with E-state index in [0.29, 0.717) is 5.76 Å². The Morgan fingerprint density at radius 1 is 0.842 bits per heavy atom. The molecule has 2 rings (SSSR count). The van der Waals surface area contributed by atoms with E-state index in [-0.39, 0.29) is 5.78 Å². The predicted molar refractivity (Wildman–Crippen MR) is 77.0 cm³/mol. The third-order valence-corrected chi connectivity index (χ3v) is 4.30. The maximum atomic E-state index is 12.7. The van der Waals surface area contributed by atoms with Crippen molar-refractivity contribution in [1.82, 2.24) is 0 Å². The first-order valence-electron chi connectivity index (χ1n) is 6.52. The molecule has 1 aromatic carbocycles. The minimum Gasteiger partial charge on any atom is -0.461 e. The quantitative estimate of drug-likeness (QED) is 0.747. The summed E-state index contributed by atoms with van der Waals surface area (Å²) in [6, 6.07) is 1.83. The molecule has 2 aromatic rings. The van der Waals surface area contributed by atoms with Gasteiger partial charge >= 0.3 is 0 Å². The number of benzene rings is 1. The van der Waals surface area contributed by atoms with Gasteiger partial charge in [-0.15, -0.1) is 0 Å². The van der Waals surface area contributed by atoms with Crippen LogP contribution in [0.2, 0.25) is 0 Å². The third-order valence-electron chi connectivity index (χ3n) is 4.30. The summed E-state index contributed by atoms with van der Waals surface area (Å²) in [6.07, 6.45) is 1.57. The molecule has 0 bridgehead atoms. The van der Waals surface area contributed by atoms with Crippen LogP contribution < -0.4 is 0 Å². The van der Waals surface area contributed by atoms with Gasteiger partial charge in [0.25, 0.3) is 0 Å². The maximum absolute atomic E-state index is 12.7. The number of carbonyl (C=O) groups excluding carboxylic acids is 1. The number of ketones is 1. The fourth-order valence-electron chi connectivity index (χ4n) is 2.56. The lowest BCUT2D eigenvalue weighted by Crippen LogP contribution is -2.10. The van der Waals surface area contributed by atoms with Crippen LogP contribution in [0.25, 0.3) is 0 Å². The Morgan fingerprint density at radius 3 is 1.74 bits per heavy atom. The first-order chi connectivity index (χ1) is 8.86. The standard InChI is InChI=1S/C17H20O2/c1-9-7-8-19-17(9)16(18)15-13(5)11(3)10(2)12(4)14(15)6/h7-8H,1-6H3. The Morgan fingerprint density at radius 2 is 1.32 bits per heavy atom. The minimum atomic E-state index is -0.0105. The van der Waals surface area contributed by atoms with E-state index in [1.165, 1.54) is 16.7 Å². The molecule has 0 aliphatic carbocycles. The molecule has 0 spiro atoms. The lowest BCUT2D eigenvalue weighted by atomic mass is 9.87. The third kappa shape index (κ3) is 2.01. The van der Waals surface area contributed by atoms with Crippen LogP contribution in [-0.4, -0.2) is 5.78 Å². The van der Waals surface area contributed by atoms with Crippen molar-refractivity contribution in [2.24, 2.45) is 0 Å². The van der Waals surface area contributed by atoms with Crippen molar-refractivity contribution in [3.63, 3.8) is 0 Å². The molecular formula is C17H20O2. The molecule has 0 aliphatic rings. The van der Waals surface area contributed by atoms with Crippen molar-refractivity contribution in [3.05, 3.63) is 57.0 Å². The first kappa shape index (κ1) is 13.6. The zero-order valence-corrected chi connectivity index (χ0v) is 12.5. The van der Waals surface area contributed by atoms with Gasteiger partial charge in [0.1, 0.15) is 0 Å². The van der Waals surface area contributed by atoms with Gasteiger partial charge in [-0.25, -0.2) is 0 Å². The Labute approximate surface area is 114 Å². The minimum absolute atomic E-state index is 0.0105. The molecule has 2 heteroatoms. The molecule has 0 radical (unpaired) electrons. The van der Waals surface area contributed by atoms with Gasteiger partial charge in [0.2, 0.25) is 5.78 Å². The smallest absolute Gasteiger partial charge is 0.228 e. The Hall–Kier alpha value is -1.83. The van der Waals surface area contributed by atoms with Gasteiger partial charge in [0.15, 0.2) is 5.76 Å². The molecule has 0 saturated heterocycles. The molecule has 0 N–H and O–H groups in total. The Bertz CT molecular complexity index is 631. The summed E-state index contributed by atoms with van der Waals surface area (Å²) in [6.45, 7) is 12.2. The number of hydrogen-bond donors (Lipinski definition) is 0. The number of rotatable bonds is 2. The van der Waals surface area contributed by atoms with E-state index in [1.807, 2.05) is 26.8 Å². The Kier molecular flexibility index (Phi) is 3.36. The van der Waals surface area contributed by atoms with Crippen LogP contribution >= 0.6 is 0 Å². The number of carbonyl (C=O) groups is 1. The molecule has 0 aliphatic heterocycles. The monoisotopic (exact) mass is 256 g/mol. The summed E-state index contributed by atoms with van der Waals surface area (Å²) in [7, 11) is 0. The summed E-state index contributed by atoms with van der Waals surface area (Å²) >= 11 is 0. The van der Waals surface area contributed by atoms with Gasteiger partial charge < -0.3 is 4.42 Å². The van der Waals surface area contributed by atoms with Gasteiger partial charge in [0.05, 0.1) is 6.26 Å². The highest BCUT2D eigenvalue weighted by atomic mass is 16.3. The highest BCUT2D eigenvalue weighted by Gasteiger charge is 2.22. The lowest BCUT2D eigenvalue weighted by Gasteiger charge is -2.17. The average molecular weight is 256 g/mol. The van der Waals surface area contributed by atoms with Gasteiger partial charge in [-0.2, -0.15) is 0 Å². The van der Waals surface area contributed by atoms with Gasteiger partial charge in [-0.3, -0.25) is 4.79 Å². The van der Waals surface area contributed by atoms with Crippen LogP contribution in [-0.2, 0) is 0 Å². The highest BCUT2D eigenvalue weighted by Crippen LogP contribution is 2.28. The molecule has 0 atom stereocenters. The molecule has 2 nitrogen and oxygen atoms in total. The predicted octanol–water partition coefficient (Wildman–Crippen LogP) is 4.36. The second kappa shape index (κ2) is 4.69. The van der Waals surface area contributed by atoms with Crippen LogP contribution in [0.1, 0.15) is 49.5 Å². The van der Waals surface area contributed by atoms with Crippen molar-refractivity contribution in [3.8, 4) is 0 Å². The van der Waals surface area contributed by atoms with Crippen molar-refractivity contribution in [1.29, 1.82) is 0 Å². The van der Waals surface area contributed by atoms with Crippen molar-refractivity contribution < 1.29 is 9.21 Å². The zero-order valence-electron chi connectivity index (χ0n) is 12.5. The Balaban J connectivity index is 2.71. The molecule has 0 amide bonds. The number of furan rings is 1. The van der Waals surface area contributed by atoms with Crippen molar-refractivity contribution >= 4 is 5.78 Å². The maximum Gasteiger partial charge on any atom is 0.228 e. The van der Waals surface area contributed by atoms with Crippen molar-refractivity contribution in [2.75, 3.05) is 0 Å². The molecular weight excluding hydrogens is 236 g/mol. The summed E-state index contributed by atoms with van der Waals surface area (Å²) in [5.41, 5.74) is 7.44. The van der Waals surface area contributed by atoms with Gasteiger partial charge in [0, 0.05) is 5.56 Å². The van der Waals surface area contributed by atoms with E-state index in [4.69, 9.17) is 4.42 Å². The second-order valence-corrected chi connectivity index (χ2v) is 5.26. The molecule has 19 heavy (non-hydrogen) atoms. The average Bonchev–Trinajstić information content (AvgIpc) is 2.80. The van der Waals surface area contributed by atoms with Crippen LogP contribution in [0.4, 0.5) is 0 Å². The fraction of sp³-hybridized carbons (Fsp3) is 0.353. The molecule has 0 saturated carbocycles. The van der Waals surface area contributed by atoms with E-state index in [0.717, 1.165) is 22.3 Å². The van der Waals surface area contributed by atoms with Crippen LogP contribution in [0.3, 0.4) is 0 Å². The topological polar surface area (TPSA) is 30.2 Å². The van der Waals surface area contributed by atoms with Crippen LogP contribution in [0, 0.1) is 41.5 Å². The SMILES string of the molecule is Cc1ccoc1C(=O)c1c(C)c(C)c(C)c(C)c1C. The summed E-state index contributed by atoms with van der Waals surface area (Å²) in [5.74, 6) is 0.442. The van der Waals surface area contributed by atoms with Gasteiger partial charge in [-0.1, -0.05) is 0 Å². The number of hydrogen-bond acceptors (Lipinski definition) is 2.